The zero-order valence-electron chi connectivity index (χ0n) is 20.9. The second kappa shape index (κ2) is 9.67. The molecule has 4 aromatic heterocycles. The predicted molar refractivity (Wildman–Crippen MR) is 144 cm³/mol. The van der Waals surface area contributed by atoms with Gasteiger partial charge in [0.25, 0.3) is 5.91 Å². The lowest BCUT2D eigenvalue weighted by molar-refractivity contribution is 0.0950. The standard InChI is InChI=1S/C28H29N7O2/c1-3-35-16-19(12-33-35)22-11-21-23(14-30-22)34-27-26(21)25(24(37-2)15-31-27)17-6-8-18(9-7-17)28(36)32-13-20-5-4-10-29-20/h6-9,11-12,14-16,20,29H,3-5,10,13H2,1-2H3,(H,31,34)(H,32,36)/t20-/m1/s1. The number of methoxy groups -OCH3 is 1. The lowest BCUT2D eigenvalue weighted by atomic mass is 9.99. The van der Waals surface area contributed by atoms with E-state index in [-0.39, 0.29) is 5.91 Å². The van der Waals surface area contributed by atoms with Crippen molar-refractivity contribution < 1.29 is 9.53 Å². The molecule has 9 nitrogen and oxygen atoms in total. The van der Waals surface area contributed by atoms with Crippen molar-refractivity contribution in [2.24, 2.45) is 0 Å². The minimum atomic E-state index is -0.0671. The van der Waals surface area contributed by atoms with Crippen LogP contribution < -0.4 is 15.4 Å². The minimum Gasteiger partial charge on any atom is -0.494 e. The van der Waals surface area contributed by atoms with E-state index in [0.717, 1.165) is 70.3 Å². The number of pyridine rings is 2. The van der Waals surface area contributed by atoms with E-state index in [1.54, 1.807) is 13.3 Å². The number of aryl methyl sites for hydroxylation is 1. The van der Waals surface area contributed by atoms with Crippen LogP contribution in [0, 0.1) is 0 Å². The molecule has 0 saturated carbocycles. The average Bonchev–Trinajstić information content (AvgIpc) is 3.70. The number of aromatic nitrogens is 5. The van der Waals surface area contributed by atoms with Gasteiger partial charge in [-0.3, -0.25) is 14.5 Å². The second-order valence-electron chi connectivity index (χ2n) is 9.33. The molecule has 0 aliphatic carbocycles. The smallest absolute Gasteiger partial charge is 0.251 e. The maximum atomic E-state index is 12.7. The molecule has 1 amide bonds. The van der Waals surface area contributed by atoms with Crippen molar-refractivity contribution in [3.05, 3.63) is 60.7 Å². The Morgan fingerprint density at radius 2 is 2.03 bits per heavy atom. The number of amides is 1. The van der Waals surface area contributed by atoms with E-state index >= 15 is 0 Å². The molecule has 1 atom stereocenters. The summed E-state index contributed by atoms with van der Waals surface area (Å²) in [5, 5.41) is 12.8. The molecule has 1 aliphatic rings. The van der Waals surface area contributed by atoms with Crippen LogP contribution in [0.1, 0.15) is 30.1 Å². The van der Waals surface area contributed by atoms with E-state index < -0.39 is 0 Å². The largest absolute Gasteiger partial charge is 0.494 e. The molecule has 5 heterocycles. The quantitative estimate of drug-likeness (QED) is 0.313. The van der Waals surface area contributed by atoms with Crippen molar-refractivity contribution in [1.29, 1.82) is 0 Å². The molecule has 188 valence electrons. The highest BCUT2D eigenvalue weighted by molar-refractivity contribution is 6.14. The van der Waals surface area contributed by atoms with Crippen LogP contribution in [0.5, 0.6) is 5.75 Å². The Bertz CT molecular complexity index is 1580. The first-order chi connectivity index (χ1) is 18.1. The van der Waals surface area contributed by atoms with Crippen molar-refractivity contribution >= 4 is 27.8 Å². The fourth-order valence-electron chi connectivity index (χ4n) is 5.05. The molecular weight excluding hydrogens is 466 g/mol. The first-order valence-corrected chi connectivity index (χ1v) is 12.6. The third-order valence-electron chi connectivity index (χ3n) is 7.05. The third kappa shape index (κ3) is 4.31. The molecule has 0 unspecified atom stereocenters. The summed E-state index contributed by atoms with van der Waals surface area (Å²) in [6, 6.07) is 10.1. The lowest BCUT2D eigenvalue weighted by Gasteiger charge is -2.13. The van der Waals surface area contributed by atoms with Crippen LogP contribution in [0.4, 0.5) is 0 Å². The highest BCUT2D eigenvalue weighted by Gasteiger charge is 2.19. The fraction of sp³-hybridized carbons (Fsp3) is 0.286. The van der Waals surface area contributed by atoms with Crippen LogP contribution in [0.25, 0.3) is 44.3 Å². The van der Waals surface area contributed by atoms with Crippen molar-refractivity contribution in [2.45, 2.75) is 32.4 Å². The van der Waals surface area contributed by atoms with Crippen LogP contribution in [-0.4, -0.2) is 56.9 Å². The number of H-pyrrole nitrogens is 1. The first-order valence-electron chi connectivity index (χ1n) is 12.6. The molecule has 1 aliphatic heterocycles. The molecular formula is C28H29N7O2. The summed E-state index contributed by atoms with van der Waals surface area (Å²) in [7, 11) is 1.65. The van der Waals surface area contributed by atoms with Crippen LogP contribution >= 0.6 is 0 Å². The van der Waals surface area contributed by atoms with E-state index in [9.17, 15) is 4.79 Å². The Morgan fingerprint density at radius 1 is 1.16 bits per heavy atom. The Hall–Kier alpha value is -4.24. The molecule has 1 saturated heterocycles. The van der Waals surface area contributed by atoms with Crippen LogP contribution in [-0.2, 0) is 6.54 Å². The number of fused-ring (bicyclic) bond motifs is 3. The van der Waals surface area contributed by atoms with E-state index in [4.69, 9.17) is 4.74 Å². The van der Waals surface area contributed by atoms with Gasteiger partial charge in [-0.15, -0.1) is 0 Å². The number of benzene rings is 1. The maximum Gasteiger partial charge on any atom is 0.251 e. The van der Waals surface area contributed by atoms with Crippen molar-refractivity contribution in [1.82, 2.24) is 35.4 Å². The number of nitrogens with one attached hydrogen (secondary N) is 3. The molecule has 3 N–H and O–H groups in total. The van der Waals surface area contributed by atoms with E-state index in [1.165, 1.54) is 0 Å². The van der Waals surface area contributed by atoms with E-state index in [0.29, 0.717) is 23.9 Å². The number of rotatable bonds is 7. The summed E-state index contributed by atoms with van der Waals surface area (Å²) in [6.07, 6.45) is 9.64. The van der Waals surface area contributed by atoms with Crippen molar-refractivity contribution in [3.8, 4) is 28.1 Å². The number of aromatic amines is 1. The van der Waals surface area contributed by atoms with Gasteiger partial charge in [0.05, 0.1) is 36.9 Å². The zero-order valence-corrected chi connectivity index (χ0v) is 20.9. The maximum absolute atomic E-state index is 12.7. The molecule has 9 heteroatoms. The fourth-order valence-corrected chi connectivity index (χ4v) is 5.05. The molecule has 0 spiro atoms. The number of nitrogens with zero attached hydrogens (tertiary/aromatic N) is 4. The van der Waals surface area contributed by atoms with Gasteiger partial charge in [0, 0.05) is 52.8 Å². The third-order valence-corrected chi connectivity index (χ3v) is 7.05. The lowest BCUT2D eigenvalue weighted by Crippen LogP contribution is -2.37. The Labute approximate surface area is 214 Å². The van der Waals surface area contributed by atoms with E-state index in [1.807, 2.05) is 47.5 Å². The average molecular weight is 496 g/mol. The highest BCUT2D eigenvalue weighted by Crippen LogP contribution is 2.40. The van der Waals surface area contributed by atoms with Crippen molar-refractivity contribution in [3.63, 3.8) is 0 Å². The summed E-state index contributed by atoms with van der Waals surface area (Å²) in [6.45, 7) is 4.51. The summed E-state index contributed by atoms with van der Waals surface area (Å²) in [4.78, 5) is 25.4. The molecule has 1 fully saturated rings. The Balaban J connectivity index is 1.39. The summed E-state index contributed by atoms with van der Waals surface area (Å²) in [5.74, 6) is 0.595. The molecule has 6 rings (SSSR count). The van der Waals surface area contributed by atoms with E-state index in [2.05, 4.69) is 43.7 Å². The van der Waals surface area contributed by atoms with Gasteiger partial charge in [-0.2, -0.15) is 5.10 Å². The summed E-state index contributed by atoms with van der Waals surface area (Å²) < 4.78 is 7.62. The molecule has 1 aromatic carbocycles. The number of carbonyl (C=O) groups is 1. The number of ether oxygens (including phenoxy) is 1. The Kier molecular flexibility index (Phi) is 6.05. The van der Waals surface area contributed by atoms with Crippen LogP contribution in [0.2, 0.25) is 0 Å². The molecule has 0 radical (unpaired) electrons. The first kappa shape index (κ1) is 23.2. The van der Waals surface area contributed by atoms with Gasteiger partial charge < -0.3 is 20.4 Å². The molecule has 0 bridgehead atoms. The normalized spacial score (nSPS) is 15.5. The second-order valence-corrected chi connectivity index (χ2v) is 9.33. The number of carbonyl (C=O) groups excluding carboxylic acids is 1. The van der Waals surface area contributed by atoms with Crippen molar-refractivity contribution in [2.75, 3.05) is 20.2 Å². The topological polar surface area (TPSA) is 110 Å². The van der Waals surface area contributed by atoms with Gasteiger partial charge in [-0.25, -0.2) is 4.98 Å². The van der Waals surface area contributed by atoms with Gasteiger partial charge in [0.1, 0.15) is 11.4 Å². The van der Waals surface area contributed by atoms with Crippen LogP contribution in [0.3, 0.4) is 0 Å². The SMILES string of the molecule is CCn1cc(-c2cc3c(cn2)[nH]c2ncc(OC)c(-c4ccc(C(=O)NC[C@H]5CCCN5)cc4)c23)cn1. The summed E-state index contributed by atoms with van der Waals surface area (Å²) >= 11 is 0. The van der Waals surface area contributed by atoms with Gasteiger partial charge in [-0.05, 0) is 50.1 Å². The zero-order chi connectivity index (χ0) is 25.4. The number of hydrogen-bond donors (Lipinski definition) is 3. The Morgan fingerprint density at radius 3 is 2.76 bits per heavy atom. The molecule has 5 aromatic rings. The molecule has 37 heavy (non-hydrogen) atoms. The monoisotopic (exact) mass is 495 g/mol. The predicted octanol–water partition coefficient (Wildman–Crippen LogP) is 4.15. The highest BCUT2D eigenvalue weighted by atomic mass is 16.5. The summed E-state index contributed by atoms with van der Waals surface area (Å²) in [5.41, 5.74) is 5.92. The minimum absolute atomic E-state index is 0.0671. The van der Waals surface area contributed by atoms with Gasteiger partial charge in [0.15, 0.2) is 0 Å². The number of hydrogen-bond acceptors (Lipinski definition) is 6. The van der Waals surface area contributed by atoms with Gasteiger partial charge in [0.2, 0.25) is 0 Å². The van der Waals surface area contributed by atoms with Crippen LogP contribution in [0.15, 0.2) is 55.1 Å². The van der Waals surface area contributed by atoms with Gasteiger partial charge in [-0.1, -0.05) is 12.1 Å². The van der Waals surface area contributed by atoms with Gasteiger partial charge >= 0.3 is 0 Å².